The zero-order valence-corrected chi connectivity index (χ0v) is 11.5. The van der Waals surface area contributed by atoms with E-state index in [0.29, 0.717) is 0 Å². The third-order valence-corrected chi connectivity index (χ3v) is 3.61. The van der Waals surface area contributed by atoms with Crippen molar-refractivity contribution in [2.75, 3.05) is 0 Å². The molecule has 5 heteroatoms. The molecule has 0 atom stereocenters. The summed E-state index contributed by atoms with van der Waals surface area (Å²) in [6, 6.07) is 5.25. The van der Waals surface area contributed by atoms with Crippen LogP contribution in [0.4, 0.5) is 4.39 Å². The lowest BCUT2D eigenvalue weighted by atomic mass is 9.74. The number of nitrogens with one attached hydrogen (secondary N) is 1. The fourth-order valence-electron chi connectivity index (χ4n) is 1.41. The monoisotopic (exact) mass is 267 g/mol. The Morgan fingerprint density at radius 1 is 1.21 bits per heavy atom. The number of halogens is 1. The fourth-order valence-corrected chi connectivity index (χ4v) is 1.41. The van der Waals surface area contributed by atoms with Gasteiger partial charge in [0, 0.05) is 5.56 Å². The van der Waals surface area contributed by atoms with Crippen LogP contribution in [0.1, 0.15) is 38.1 Å². The minimum absolute atomic E-state index is 0.161. The third-order valence-electron chi connectivity index (χ3n) is 3.61. The molecule has 0 fully saturated rings. The van der Waals surface area contributed by atoms with Crippen LogP contribution in [0.5, 0.6) is 0 Å². The summed E-state index contributed by atoms with van der Waals surface area (Å²) < 4.78 is 13.0. The van der Waals surface area contributed by atoms with E-state index in [0.717, 1.165) is 6.07 Å². The van der Waals surface area contributed by atoms with E-state index in [1.807, 2.05) is 0 Å². The Labute approximate surface area is 111 Å². The second-order valence-electron chi connectivity index (χ2n) is 5.52. The lowest BCUT2D eigenvalue weighted by Crippen LogP contribution is -2.56. The average molecular weight is 267 g/mol. The Morgan fingerprint density at radius 3 is 2.26 bits per heavy atom. The Morgan fingerprint density at radius 2 is 1.79 bits per heavy atom. The fraction of sp³-hybridized carbons (Fsp3) is 0.429. The predicted octanol–water partition coefficient (Wildman–Crippen LogP) is 2.44. The van der Waals surface area contributed by atoms with Crippen LogP contribution in [-0.4, -0.2) is 22.5 Å². The molecule has 0 unspecified atom stereocenters. The van der Waals surface area contributed by atoms with Crippen molar-refractivity contribution < 1.29 is 19.1 Å². The predicted molar refractivity (Wildman–Crippen MR) is 69.4 cm³/mol. The van der Waals surface area contributed by atoms with Gasteiger partial charge < -0.3 is 10.4 Å². The number of hydrogen-bond donors (Lipinski definition) is 2. The first kappa shape index (κ1) is 15.1. The molecule has 0 saturated carbocycles. The maximum absolute atomic E-state index is 13.0. The van der Waals surface area contributed by atoms with Crippen LogP contribution in [0, 0.1) is 11.2 Å². The van der Waals surface area contributed by atoms with E-state index < -0.39 is 28.6 Å². The molecule has 0 saturated heterocycles. The van der Waals surface area contributed by atoms with Gasteiger partial charge in [-0.05, 0) is 45.9 Å². The normalized spacial score (nSPS) is 12.1. The van der Waals surface area contributed by atoms with Crippen LogP contribution >= 0.6 is 0 Å². The molecule has 0 spiro atoms. The van der Waals surface area contributed by atoms with Crippen molar-refractivity contribution in [3.05, 3.63) is 35.6 Å². The van der Waals surface area contributed by atoms with Crippen molar-refractivity contribution in [3.8, 4) is 0 Å². The topological polar surface area (TPSA) is 66.4 Å². The van der Waals surface area contributed by atoms with Gasteiger partial charge in [-0.15, -0.1) is 0 Å². The lowest BCUT2D eigenvalue weighted by Gasteiger charge is -2.38. The molecule has 1 aromatic carbocycles. The summed E-state index contributed by atoms with van der Waals surface area (Å²) in [7, 11) is 0. The Balaban J connectivity index is 2.96. The molecular formula is C14H18FNO3. The molecule has 1 aromatic rings. The Kier molecular flexibility index (Phi) is 3.98. The number of carboxylic acid groups (broad SMARTS) is 1. The number of aliphatic carboxylic acids is 1. The first-order chi connectivity index (χ1) is 8.58. The number of amides is 1. The van der Waals surface area contributed by atoms with E-state index >= 15 is 0 Å². The zero-order chi connectivity index (χ0) is 14.8. The van der Waals surface area contributed by atoms with E-state index in [1.54, 1.807) is 13.8 Å². The van der Waals surface area contributed by atoms with Gasteiger partial charge in [0.1, 0.15) is 5.82 Å². The minimum Gasteiger partial charge on any atom is -0.481 e. The second-order valence-corrected chi connectivity index (χ2v) is 5.52. The highest BCUT2D eigenvalue weighted by molar-refractivity contribution is 5.95. The molecule has 4 nitrogen and oxygen atoms in total. The van der Waals surface area contributed by atoms with Gasteiger partial charge in [-0.2, -0.15) is 0 Å². The molecule has 0 aliphatic rings. The first-order valence-corrected chi connectivity index (χ1v) is 5.89. The van der Waals surface area contributed by atoms with Crippen LogP contribution in [0.3, 0.4) is 0 Å². The number of carboxylic acids is 1. The molecule has 2 N–H and O–H groups in total. The Hall–Kier alpha value is -1.91. The van der Waals surface area contributed by atoms with Crippen LogP contribution in [0.15, 0.2) is 24.3 Å². The van der Waals surface area contributed by atoms with Gasteiger partial charge in [-0.3, -0.25) is 9.59 Å². The summed E-state index contributed by atoms with van der Waals surface area (Å²) in [5, 5.41) is 11.8. The summed E-state index contributed by atoms with van der Waals surface area (Å²) >= 11 is 0. The van der Waals surface area contributed by atoms with Crippen molar-refractivity contribution in [3.63, 3.8) is 0 Å². The van der Waals surface area contributed by atoms with E-state index in [1.165, 1.54) is 32.0 Å². The minimum atomic E-state index is -1.16. The van der Waals surface area contributed by atoms with E-state index in [2.05, 4.69) is 5.32 Å². The summed E-state index contributed by atoms with van der Waals surface area (Å²) in [4.78, 5) is 23.2. The highest BCUT2D eigenvalue weighted by atomic mass is 19.1. The highest BCUT2D eigenvalue weighted by Gasteiger charge is 2.44. The van der Waals surface area contributed by atoms with E-state index in [4.69, 9.17) is 0 Å². The molecule has 0 aliphatic carbocycles. The zero-order valence-electron chi connectivity index (χ0n) is 11.5. The van der Waals surface area contributed by atoms with Gasteiger partial charge in [-0.25, -0.2) is 4.39 Å². The quantitative estimate of drug-likeness (QED) is 0.880. The summed E-state index contributed by atoms with van der Waals surface area (Å²) in [5.74, 6) is -2.03. The van der Waals surface area contributed by atoms with Crippen molar-refractivity contribution in [1.82, 2.24) is 5.32 Å². The molecule has 0 heterocycles. The maximum Gasteiger partial charge on any atom is 0.311 e. The smallest absolute Gasteiger partial charge is 0.311 e. The molecular weight excluding hydrogens is 249 g/mol. The van der Waals surface area contributed by atoms with Crippen molar-refractivity contribution >= 4 is 11.9 Å². The van der Waals surface area contributed by atoms with Crippen LogP contribution in [0.25, 0.3) is 0 Å². The molecule has 0 radical (unpaired) electrons. The summed E-state index contributed by atoms with van der Waals surface area (Å²) in [5.41, 5.74) is -1.98. The number of carbonyl (C=O) groups excluding carboxylic acids is 1. The first-order valence-electron chi connectivity index (χ1n) is 5.89. The van der Waals surface area contributed by atoms with E-state index in [9.17, 15) is 19.1 Å². The van der Waals surface area contributed by atoms with Crippen LogP contribution in [-0.2, 0) is 4.79 Å². The number of benzene rings is 1. The summed E-state index contributed by atoms with van der Waals surface area (Å²) in [6.45, 7) is 6.30. The van der Waals surface area contributed by atoms with Gasteiger partial charge in [0.15, 0.2) is 0 Å². The van der Waals surface area contributed by atoms with Crippen molar-refractivity contribution in [2.24, 2.45) is 5.41 Å². The molecule has 0 aliphatic heterocycles. The molecule has 0 aromatic heterocycles. The number of hydrogen-bond acceptors (Lipinski definition) is 2. The van der Waals surface area contributed by atoms with Gasteiger partial charge >= 0.3 is 5.97 Å². The van der Waals surface area contributed by atoms with Crippen molar-refractivity contribution in [2.45, 2.75) is 33.2 Å². The second kappa shape index (κ2) is 4.99. The molecule has 1 amide bonds. The third kappa shape index (κ3) is 3.10. The summed E-state index contributed by atoms with van der Waals surface area (Å²) in [6.07, 6.45) is 0. The van der Waals surface area contributed by atoms with Gasteiger partial charge in [0.2, 0.25) is 0 Å². The van der Waals surface area contributed by atoms with Gasteiger partial charge in [0.05, 0.1) is 11.0 Å². The van der Waals surface area contributed by atoms with Crippen LogP contribution in [0.2, 0.25) is 0 Å². The highest BCUT2D eigenvalue weighted by Crippen LogP contribution is 2.31. The van der Waals surface area contributed by atoms with Gasteiger partial charge in [0.25, 0.3) is 5.91 Å². The number of carbonyl (C=O) groups is 2. The average Bonchev–Trinajstić information content (AvgIpc) is 2.27. The van der Waals surface area contributed by atoms with Crippen LogP contribution < -0.4 is 5.32 Å². The van der Waals surface area contributed by atoms with Crippen molar-refractivity contribution in [1.29, 1.82) is 0 Å². The molecule has 104 valence electrons. The van der Waals surface area contributed by atoms with Gasteiger partial charge in [-0.1, -0.05) is 6.07 Å². The molecule has 1 rings (SSSR count). The number of rotatable bonds is 4. The molecule has 19 heavy (non-hydrogen) atoms. The SMILES string of the molecule is CC(C)(NC(=O)c1cccc(F)c1)C(C)(C)C(=O)O. The largest absolute Gasteiger partial charge is 0.481 e. The molecule has 0 bridgehead atoms. The Bertz CT molecular complexity index is 509. The van der Waals surface area contributed by atoms with E-state index in [-0.39, 0.29) is 5.56 Å². The maximum atomic E-state index is 13.0. The lowest BCUT2D eigenvalue weighted by molar-refractivity contribution is -0.150. The standard InChI is InChI=1S/C14H18FNO3/c1-13(2,12(18)19)14(3,4)16-11(17)9-6-5-7-10(15)8-9/h5-8H,1-4H3,(H,16,17)(H,18,19).